The Labute approximate surface area is 119 Å². The fourth-order valence-corrected chi connectivity index (χ4v) is 2.97. The number of rotatable bonds is 7. The quantitative estimate of drug-likeness (QED) is 0.827. The van der Waals surface area contributed by atoms with Gasteiger partial charge in [-0.15, -0.1) is 0 Å². The molecule has 1 aromatic rings. The van der Waals surface area contributed by atoms with Crippen molar-refractivity contribution in [3.8, 4) is 0 Å². The van der Waals surface area contributed by atoms with Gasteiger partial charge in [-0.05, 0) is 56.3 Å². The molecule has 0 saturated heterocycles. The molecule has 0 amide bonds. The van der Waals surface area contributed by atoms with Gasteiger partial charge in [0.25, 0.3) is 0 Å². The highest BCUT2D eigenvalue weighted by atomic mass is 19.2. The zero-order valence-corrected chi connectivity index (χ0v) is 12.2. The van der Waals surface area contributed by atoms with Crippen LogP contribution in [0.1, 0.15) is 38.2 Å². The largest absolute Gasteiger partial charge is 0.378 e. The van der Waals surface area contributed by atoms with Gasteiger partial charge in [-0.2, -0.15) is 0 Å². The van der Waals surface area contributed by atoms with E-state index in [2.05, 4.69) is 12.2 Å². The molecule has 0 aromatic heterocycles. The van der Waals surface area contributed by atoms with Gasteiger partial charge in [0.2, 0.25) is 0 Å². The molecular formula is C16H23F2NO. The normalized spacial score (nSPS) is 18.6. The van der Waals surface area contributed by atoms with Crippen LogP contribution in [0.25, 0.3) is 0 Å². The highest BCUT2D eigenvalue weighted by Crippen LogP contribution is 2.39. The summed E-state index contributed by atoms with van der Waals surface area (Å²) >= 11 is 0. The lowest BCUT2D eigenvalue weighted by atomic mass is 9.75. The first kappa shape index (κ1) is 15.4. The molecule has 112 valence electrons. The average molecular weight is 283 g/mol. The second-order valence-corrected chi connectivity index (χ2v) is 5.65. The van der Waals surface area contributed by atoms with Crippen molar-refractivity contribution in [2.24, 2.45) is 0 Å². The van der Waals surface area contributed by atoms with E-state index >= 15 is 0 Å². The Kier molecular flexibility index (Phi) is 5.11. The van der Waals surface area contributed by atoms with Crippen LogP contribution in [0.2, 0.25) is 0 Å². The summed E-state index contributed by atoms with van der Waals surface area (Å²) < 4.78 is 31.9. The minimum Gasteiger partial charge on any atom is -0.378 e. The van der Waals surface area contributed by atoms with Gasteiger partial charge in [-0.1, -0.05) is 13.0 Å². The molecule has 20 heavy (non-hydrogen) atoms. The number of nitrogens with one attached hydrogen (secondary N) is 1. The molecule has 0 bridgehead atoms. The van der Waals surface area contributed by atoms with E-state index < -0.39 is 11.6 Å². The molecule has 4 heteroatoms. The maximum atomic E-state index is 13.3. The van der Waals surface area contributed by atoms with E-state index in [9.17, 15) is 8.78 Å². The summed E-state index contributed by atoms with van der Waals surface area (Å²) in [5, 5.41) is 3.43. The summed E-state index contributed by atoms with van der Waals surface area (Å²) in [4.78, 5) is 0. The van der Waals surface area contributed by atoms with Crippen LogP contribution in [-0.2, 0) is 11.2 Å². The third-order valence-electron chi connectivity index (χ3n) is 4.28. The first-order valence-electron chi connectivity index (χ1n) is 7.31. The minimum absolute atomic E-state index is 0.0224. The molecule has 0 aliphatic heterocycles. The van der Waals surface area contributed by atoms with Crippen molar-refractivity contribution in [3.63, 3.8) is 0 Å². The Morgan fingerprint density at radius 1 is 1.30 bits per heavy atom. The van der Waals surface area contributed by atoms with Crippen LogP contribution in [0.5, 0.6) is 0 Å². The third kappa shape index (κ3) is 3.55. The second kappa shape index (κ2) is 6.64. The van der Waals surface area contributed by atoms with Crippen LogP contribution in [-0.4, -0.2) is 25.3 Å². The molecule has 1 atom stereocenters. The fraction of sp³-hybridized carbons (Fsp3) is 0.625. The number of methoxy groups -OCH3 is 1. The molecule has 1 N–H and O–H groups in total. The van der Waals surface area contributed by atoms with Crippen molar-refractivity contribution in [1.82, 2.24) is 5.32 Å². The lowest BCUT2D eigenvalue weighted by molar-refractivity contribution is -0.0833. The van der Waals surface area contributed by atoms with E-state index in [0.29, 0.717) is 6.42 Å². The number of hydrogen-bond donors (Lipinski definition) is 1. The van der Waals surface area contributed by atoms with Crippen LogP contribution in [0.4, 0.5) is 8.78 Å². The lowest BCUT2D eigenvalue weighted by Gasteiger charge is -2.43. The summed E-state index contributed by atoms with van der Waals surface area (Å²) in [5.74, 6) is -1.57. The summed E-state index contributed by atoms with van der Waals surface area (Å²) in [6, 6.07) is 4.37. The third-order valence-corrected chi connectivity index (χ3v) is 4.28. The first-order chi connectivity index (χ1) is 9.58. The van der Waals surface area contributed by atoms with Gasteiger partial charge >= 0.3 is 0 Å². The van der Waals surface area contributed by atoms with Crippen molar-refractivity contribution in [2.75, 3.05) is 13.7 Å². The summed E-state index contributed by atoms with van der Waals surface area (Å²) in [7, 11) is 1.76. The van der Waals surface area contributed by atoms with E-state index in [0.717, 1.165) is 31.4 Å². The van der Waals surface area contributed by atoms with Crippen LogP contribution in [0.15, 0.2) is 18.2 Å². The van der Waals surface area contributed by atoms with Gasteiger partial charge in [0, 0.05) is 13.2 Å². The number of likely N-dealkylation sites (N-methyl/N-ethyl adjacent to an activating group) is 1. The highest BCUT2D eigenvalue weighted by Gasteiger charge is 2.38. The van der Waals surface area contributed by atoms with Gasteiger partial charge in [0.15, 0.2) is 11.6 Å². The highest BCUT2D eigenvalue weighted by molar-refractivity contribution is 5.19. The number of halogens is 2. The lowest BCUT2D eigenvalue weighted by Crippen LogP contribution is -2.46. The number of benzene rings is 1. The average Bonchev–Trinajstić information content (AvgIpc) is 2.38. The Balaban J connectivity index is 2.02. The van der Waals surface area contributed by atoms with Crippen molar-refractivity contribution in [2.45, 2.75) is 50.7 Å². The SMILES string of the molecule is CCNC(Cc1ccc(F)c(F)c1)CC1(OC)CCC1. The molecule has 1 fully saturated rings. The second-order valence-electron chi connectivity index (χ2n) is 5.65. The van der Waals surface area contributed by atoms with E-state index in [1.165, 1.54) is 18.6 Å². The Morgan fingerprint density at radius 2 is 2.05 bits per heavy atom. The standard InChI is InChI=1S/C16H23F2NO/c1-3-19-13(11-16(20-2)7-4-8-16)9-12-5-6-14(17)15(18)10-12/h5-6,10,13,19H,3-4,7-9,11H2,1-2H3. The Hall–Kier alpha value is -1.00. The van der Waals surface area contributed by atoms with E-state index in [-0.39, 0.29) is 11.6 Å². The fourth-order valence-electron chi connectivity index (χ4n) is 2.97. The molecular weight excluding hydrogens is 260 g/mol. The molecule has 1 saturated carbocycles. The zero-order chi connectivity index (χ0) is 14.6. The van der Waals surface area contributed by atoms with E-state index in [1.807, 2.05) is 0 Å². The molecule has 0 heterocycles. The monoisotopic (exact) mass is 283 g/mol. The molecule has 1 aliphatic carbocycles. The molecule has 1 aliphatic rings. The Bertz CT molecular complexity index is 441. The first-order valence-corrected chi connectivity index (χ1v) is 7.31. The van der Waals surface area contributed by atoms with Gasteiger partial charge in [0.1, 0.15) is 0 Å². The smallest absolute Gasteiger partial charge is 0.159 e. The summed E-state index contributed by atoms with van der Waals surface area (Å²) in [6.07, 6.45) is 4.98. The molecule has 2 nitrogen and oxygen atoms in total. The topological polar surface area (TPSA) is 21.3 Å². The minimum atomic E-state index is -0.791. The molecule has 1 unspecified atom stereocenters. The predicted molar refractivity (Wildman–Crippen MR) is 75.7 cm³/mol. The maximum absolute atomic E-state index is 13.3. The summed E-state index contributed by atoms with van der Waals surface area (Å²) in [6.45, 7) is 2.91. The van der Waals surface area contributed by atoms with Crippen LogP contribution >= 0.6 is 0 Å². The van der Waals surface area contributed by atoms with Crippen molar-refractivity contribution >= 4 is 0 Å². The zero-order valence-electron chi connectivity index (χ0n) is 12.2. The number of hydrogen-bond acceptors (Lipinski definition) is 2. The van der Waals surface area contributed by atoms with Crippen LogP contribution in [0, 0.1) is 11.6 Å². The number of ether oxygens (including phenoxy) is 1. The molecule has 0 spiro atoms. The molecule has 2 rings (SSSR count). The van der Waals surface area contributed by atoms with Gasteiger partial charge in [-0.25, -0.2) is 8.78 Å². The molecule has 1 aromatic carbocycles. The summed E-state index contributed by atoms with van der Waals surface area (Å²) in [5.41, 5.74) is 0.797. The van der Waals surface area contributed by atoms with Crippen molar-refractivity contribution < 1.29 is 13.5 Å². The maximum Gasteiger partial charge on any atom is 0.159 e. The van der Waals surface area contributed by atoms with Gasteiger partial charge in [0.05, 0.1) is 5.60 Å². The van der Waals surface area contributed by atoms with Crippen LogP contribution in [0.3, 0.4) is 0 Å². The van der Waals surface area contributed by atoms with Gasteiger partial charge < -0.3 is 10.1 Å². The van der Waals surface area contributed by atoms with Gasteiger partial charge in [-0.3, -0.25) is 0 Å². The Morgan fingerprint density at radius 3 is 2.55 bits per heavy atom. The van der Waals surface area contributed by atoms with Crippen molar-refractivity contribution in [1.29, 1.82) is 0 Å². The van der Waals surface area contributed by atoms with Crippen molar-refractivity contribution in [3.05, 3.63) is 35.4 Å². The molecule has 0 radical (unpaired) electrons. The van der Waals surface area contributed by atoms with Crippen LogP contribution < -0.4 is 5.32 Å². The predicted octanol–water partition coefficient (Wildman–Crippen LogP) is 3.44. The van der Waals surface area contributed by atoms with E-state index in [1.54, 1.807) is 13.2 Å². The van der Waals surface area contributed by atoms with E-state index in [4.69, 9.17) is 4.74 Å².